The Morgan fingerprint density at radius 1 is 1.19 bits per heavy atom. The van der Waals surface area contributed by atoms with E-state index in [1.54, 1.807) is 24.3 Å². The summed E-state index contributed by atoms with van der Waals surface area (Å²) in [5, 5.41) is 3.85. The summed E-state index contributed by atoms with van der Waals surface area (Å²) in [7, 11) is 0. The first-order valence-electron chi connectivity index (χ1n) is 6.28. The number of cyclic esters (lactones) is 1. The molecule has 1 atom stereocenters. The molecule has 1 N–H and O–H groups in total. The predicted molar refractivity (Wildman–Crippen MR) is 78.1 cm³/mol. The summed E-state index contributed by atoms with van der Waals surface area (Å²) in [5.74, 6) is -3.13. The van der Waals surface area contributed by atoms with Crippen LogP contribution >= 0.6 is 12.4 Å². The summed E-state index contributed by atoms with van der Waals surface area (Å²) in [6, 6.07) is 9.39. The van der Waals surface area contributed by atoms with E-state index in [4.69, 9.17) is 0 Å². The molecule has 0 unspecified atom stereocenters. The normalized spacial score (nSPS) is 20.3. The maximum absolute atomic E-state index is 14.0. The minimum atomic E-state index is -3.13. The summed E-state index contributed by atoms with van der Waals surface area (Å²) in [6.45, 7) is 1.03. The average Bonchev–Trinajstić information content (AvgIpc) is 2.43. The number of halogens is 3. The number of ether oxygens (including phenoxy) is 1. The van der Waals surface area contributed by atoms with Crippen molar-refractivity contribution >= 4 is 29.3 Å². The lowest BCUT2D eigenvalue weighted by atomic mass is 9.92. The number of amides is 1. The van der Waals surface area contributed by atoms with Crippen molar-refractivity contribution in [3.05, 3.63) is 47.5 Å². The van der Waals surface area contributed by atoms with E-state index < -0.39 is 24.7 Å². The number of carbonyl (C=O) groups is 1. The molecule has 112 valence electrons. The van der Waals surface area contributed by atoms with Crippen molar-refractivity contribution in [2.24, 2.45) is 0 Å². The summed E-state index contributed by atoms with van der Waals surface area (Å²) in [5.41, 5.74) is 1.42. The van der Waals surface area contributed by atoms with Crippen LogP contribution in [0.2, 0.25) is 0 Å². The molecule has 2 aromatic carbocycles. The van der Waals surface area contributed by atoms with Crippen molar-refractivity contribution in [3.8, 4) is 0 Å². The van der Waals surface area contributed by atoms with Gasteiger partial charge < -0.3 is 10.1 Å². The van der Waals surface area contributed by atoms with Gasteiger partial charge in [-0.3, -0.25) is 0 Å². The third-order valence-electron chi connectivity index (χ3n) is 3.57. The molecular formula is C15H14ClF2NO2. The molecule has 0 bridgehead atoms. The quantitative estimate of drug-likeness (QED) is 0.864. The Balaban J connectivity index is 0.00000161. The van der Waals surface area contributed by atoms with E-state index >= 15 is 0 Å². The summed E-state index contributed by atoms with van der Waals surface area (Å²) >= 11 is 0. The third kappa shape index (κ3) is 2.65. The highest BCUT2D eigenvalue weighted by atomic mass is 35.5. The second-order valence-electron chi connectivity index (χ2n) is 4.93. The van der Waals surface area contributed by atoms with Crippen molar-refractivity contribution < 1.29 is 18.3 Å². The van der Waals surface area contributed by atoms with Crippen molar-refractivity contribution in [2.75, 3.05) is 6.61 Å². The second-order valence-corrected chi connectivity index (χ2v) is 4.93. The highest BCUT2D eigenvalue weighted by Gasteiger charge is 2.47. The summed E-state index contributed by atoms with van der Waals surface area (Å²) in [4.78, 5) is 11.3. The molecule has 1 saturated heterocycles. The Kier molecular flexibility index (Phi) is 4.05. The third-order valence-corrected chi connectivity index (χ3v) is 3.57. The number of alkyl carbamates (subject to hydrolysis) is 1. The summed E-state index contributed by atoms with van der Waals surface area (Å²) in [6.07, 6.45) is -0.814. The van der Waals surface area contributed by atoms with Crippen LogP contribution in [0.4, 0.5) is 13.6 Å². The van der Waals surface area contributed by atoms with Crippen LogP contribution < -0.4 is 5.32 Å². The minimum Gasteiger partial charge on any atom is -0.443 e. The lowest BCUT2D eigenvalue weighted by Gasteiger charge is -2.32. The van der Waals surface area contributed by atoms with Crippen LogP contribution in [-0.2, 0) is 4.74 Å². The van der Waals surface area contributed by atoms with Gasteiger partial charge in [0.05, 0.1) is 0 Å². The molecule has 1 fully saturated rings. The number of rotatable bonds is 1. The zero-order valence-corrected chi connectivity index (χ0v) is 12.0. The van der Waals surface area contributed by atoms with E-state index in [1.807, 2.05) is 19.1 Å². The molecule has 0 aromatic heterocycles. The van der Waals surface area contributed by atoms with E-state index in [0.29, 0.717) is 5.56 Å². The van der Waals surface area contributed by atoms with Gasteiger partial charge in [-0.2, -0.15) is 0 Å². The number of alkyl halides is 2. The van der Waals surface area contributed by atoms with Gasteiger partial charge in [-0.15, -0.1) is 12.4 Å². The number of nitrogens with one attached hydrogen (secondary N) is 1. The van der Waals surface area contributed by atoms with Crippen LogP contribution in [0.3, 0.4) is 0 Å². The minimum absolute atomic E-state index is 0. The highest BCUT2D eigenvalue weighted by Crippen LogP contribution is 2.38. The van der Waals surface area contributed by atoms with Gasteiger partial charge in [-0.05, 0) is 28.8 Å². The topological polar surface area (TPSA) is 38.3 Å². The Morgan fingerprint density at radius 3 is 2.57 bits per heavy atom. The smallest absolute Gasteiger partial charge is 0.408 e. The lowest BCUT2D eigenvalue weighted by Crippen LogP contribution is -2.49. The first-order chi connectivity index (χ1) is 9.49. The standard InChI is InChI=1S/C15H13F2NO2.ClH/c1-9-6-7-12(11-5-3-2-4-10(9)11)13-15(16,17)8-20-14(19)18-13;/h2-7,13H,8H2,1H3,(H,18,19);1H/t13-;/m1./s1. The molecule has 2 aromatic rings. The van der Waals surface area contributed by atoms with Gasteiger partial charge in [0.25, 0.3) is 0 Å². The van der Waals surface area contributed by atoms with Crippen LogP contribution in [0.25, 0.3) is 10.8 Å². The fourth-order valence-electron chi connectivity index (χ4n) is 2.54. The predicted octanol–water partition coefficient (Wildman–Crippen LogP) is 3.99. The molecule has 3 rings (SSSR count). The number of aryl methyl sites for hydroxylation is 1. The van der Waals surface area contributed by atoms with E-state index in [0.717, 1.165) is 16.3 Å². The fraction of sp³-hybridized carbons (Fsp3) is 0.267. The first-order valence-corrected chi connectivity index (χ1v) is 6.28. The summed E-state index contributed by atoms with van der Waals surface area (Å²) < 4.78 is 32.4. The van der Waals surface area contributed by atoms with Crippen molar-refractivity contribution in [3.63, 3.8) is 0 Å². The van der Waals surface area contributed by atoms with Crippen LogP contribution in [0.15, 0.2) is 36.4 Å². The van der Waals surface area contributed by atoms with Gasteiger partial charge in [-0.25, -0.2) is 13.6 Å². The number of benzene rings is 2. The monoisotopic (exact) mass is 313 g/mol. The molecule has 1 amide bonds. The zero-order chi connectivity index (χ0) is 14.3. The van der Waals surface area contributed by atoms with Crippen LogP contribution in [-0.4, -0.2) is 18.6 Å². The number of fused-ring (bicyclic) bond motifs is 1. The van der Waals surface area contributed by atoms with Gasteiger partial charge >= 0.3 is 12.0 Å². The molecule has 6 heteroatoms. The van der Waals surface area contributed by atoms with Gasteiger partial charge in [0.15, 0.2) is 6.61 Å². The maximum Gasteiger partial charge on any atom is 0.408 e. The molecule has 0 spiro atoms. The van der Waals surface area contributed by atoms with E-state index in [2.05, 4.69) is 10.1 Å². The Labute approximate surface area is 126 Å². The first kappa shape index (κ1) is 15.5. The number of hydrogen-bond donors (Lipinski definition) is 1. The van der Waals surface area contributed by atoms with Crippen LogP contribution in [0.1, 0.15) is 17.2 Å². The van der Waals surface area contributed by atoms with Gasteiger partial charge in [0, 0.05) is 0 Å². The maximum atomic E-state index is 14.0. The van der Waals surface area contributed by atoms with Gasteiger partial charge in [0.2, 0.25) is 0 Å². The second kappa shape index (κ2) is 5.48. The SMILES string of the molecule is Cc1ccc([C@H]2NC(=O)OCC2(F)F)c2ccccc12.Cl. The molecule has 0 saturated carbocycles. The van der Waals surface area contributed by atoms with E-state index in [1.165, 1.54) is 0 Å². The molecular weight excluding hydrogens is 300 g/mol. The van der Waals surface area contributed by atoms with E-state index in [9.17, 15) is 13.6 Å². The highest BCUT2D eigenvalue weighted by molar-refractivity contribution is 5.89. The lowest BCUT2D eigenvalue weighted by molar-refractivity contribution is -0.103. The average molecular weight is 314 g/mol. The molecule has 3 nitrogen and oxygen atoms in total. The van der Waals surface area contributed by atoms with Gasteiger partial charge in [0.1, 0.15) is 6.04 Å². The molecule has 1 aliphatic heterocycles. The zero-order valence-electron chi connectivity index (χ0n) is 11.2. The Bertz CT molecular complexity index is 690. The molecule has 0 radical (unpaired) electrons. The molecule has 1 heterocycles. The Hall–Kier alpha value is -1.88. The van der Waals surface area contributed by atoms with Gasteiger partial charge in [-0.1, -0.05) is 36.4 Å². The number of hydrogen-bond acceptors (Lipinski definition) is 2. The number of carbonyl (C=O) groups excluding carboxylic acids is 1. The molecule has 21 heavy (non-hydrogen) atoms. The van der Waals surface area contributed by atoms with Crippen molar-refractivity contribution in [1.82, 2.24) is 5.32 Å². The van der Waals surface area contributed by atoms with Crippen molar-refractivity contribution in [2.45, 2.75) is 18.9 Å². The molecule has 1 aliphatic rings. The van der Waals surface area contributed by atoms with Crippen LogP contribution in [0.5, 0.6) is 0 Å². The van der Waals surface area contributed by atoms with E-state index in [-0.39, 0.29) is 12.4 Å². The van der Waals surface area contributed by atoms with Crippen molar-refractivity contribution in [1.29, 1.82) is 0 Å². The Morgan fingerprint density at radius 2 is 1.86 bits per heavy atom. The largest absolute Gasteiger partial charge is 0.443 e. The molecule has 0 aliphatic carbocycles. The fourth-order valence-corrected chi connectivity index (χ4v) is 2.54. The van der Waals surface area contributed by atoms with Crippen LogP contribution in [0, 0.1) is 6.92 Å².